The van der Waals surface area contributed by atoms with Gasteiger partial charge in [-0.3, -0.25) is 9.69 Å². The smallest absolute Gasteiger partial charge is 0.229 e. The molecule has 0 spiro atoms. The van der Waals surface area contributed by atoms with Crippen LogP contribution in [-0.2, 0) is 11.3 Å². The van der Waals surface area contributed by atoms with E-state index < -0.39 is 0 Å². The Morgan fingerprint density at radius 1 is 1.21 bits per heavy atom. The topological polar surface area (TPSA) is 99.4 Å². The maximum Gasteiger partial charge on any atom is 0.229 e. The summed E-state index contributed by atoms with van der Waals surface area (Å²) in [5.74, 6) is 0.850. The predicted molar refractivity (Wildman–Crippen MR) is 136 cm³/mol. The van der Waals surface area contributed by atoms with Crippen molar-refractivity contribution >= 4 is 40.6 Å². The number of likely N-dealkylation sites (N-methyl/N-ethyl adjacent to an activating group) is 2. The monoisotopic (exact) mass is 481 g/mol. The minimum absolute atomic E-state index is 0.111. The molecule has 1 saturated carbocycles. The Hall–Kier alpha value is -2.84. The number of primary amides is 1. The summed E-state index contributed by atoms with van der Waals surface area (Å²) in [6.45, 7) is 9.41. The minimum atomic E-state index is -0.287. The lowest BCUT2D eigenvalue weighted by Gasteiger charge is -2.27. The molecule has 1 aliphatic heterocycles. The summed E-state index contributed by atoms with van der Waals surface area (Å²) in [4.78, 5) is 26.0. The maximum absolute atomic E-state index is 12.1. The molecule has 34 heavy (non-hydrogen) atoms. The number of hydrogen-bond acceptors (Lipinski definition) is 7. The van der Waals surface area contributed by atoms with E-state index in [1.54, 1.807) is 6.20 Å². The van der Waals surface area contributed by atoms with Crippen molar-refractivity contribution in [1.29, 1.82) is 0 Å². The van der Waals surface area contributed by atoms with Crippen LogP contribution in [0.25, 0.3) is 0 Å². The highest BCUT2D eigenvalue weighted by Gasteiger charge is 2.47. The van der Waals surface area contributed by atoms with E-state index in [-0.39, 0.29) is 29.7 Å². The van der Waals surface area contributed by atoms with Crippen molar-refractivity contribution in [3.8, 4) is 0 Å². The zero-order chi connectivity index (χ0) is 23.8. The number of nitrogens with zero attached hydrogens (tertiary/aromatic N) is 4. The molecule has 1 aromatic heterocycles. The first-order chi connectivity index (χ1) is 16.5. The zero-order valence-corrected chi connectivity index (χ0v) is 20.4. The molecule has 0 radical (unpaired) electrons. The number of nitrogens with one attached hydrogen (secondary N) is 2. The van der Waals surface area contributed by atoms with Crippen LogP contribution in [0.1, 0.15) is 25.8 Å². The summed E-state index contributed by atoms with van der Waals surface area (Å²) in [5, 5.41) is 7.15. The van der Waals surface area contributed by atoms with Gasteiger partial charge in [0.2, 0.25) is 11.9 Å². The van der Waals surface area contributed by atoms with E-state index >= 15 is 0 Å². The second-order valence-electron chi connectivity index (χ2n) is 9.35. The van der Waals surface area contributed by atoms with E-state index in [1.165, 1.54) is 11.3 Å². The molecule has 4 atom stereocenters. The number of carbonyl (C=O) groups excluding carboxylic acids is 1. The van der Waals surface area contributed by atoms with Gasteiger partial charge in [0, 0.05) is 43.6 Å². The van der Waals surface area contributed by atoms with Crippen molar-refractivity contribution in [2.24, 2.45) is 23.5 Å². The van der Waals surface area contributed by atoms with Crippen molar-refractivity contribution in [2.45, 2.75) is 32.9 Å². The lowest BCUT2D eigenvalue weighted by molar-refractivity contribution is -0.122. The molecule has 180 valence electrons. The number of halogens is 1. The number of benzene rings is 1. The van der Waals surface area contributed by atoms with E-state index in [0.717, 1.165) is 44.8 Å². The van der Waals surface area contributed by atoms with Gasteiger partial charge in [-0.05, 0) is 49.4 Å². The van der Waals surface area contributed by atoms with Crippen LogP contribution in [-0.4, -0.2) is 53.0 Å². The molecular formula is C25H32ClN7O. The predicted octanol–water partition coefficient (Wildman–Crippen LogP) is 3.62. The summed E-state index contributed by atoms with van der Waals surface area (Å²) in [6.07, 6.45) is 6.77. The van der Waals surface area contributed by atoms with Crippen molar-refractivity contribution in [1.82, 2.24) is 14.9 Å². The molecule has 2 aromatic rings. The second-order valence-corrected chi connectivity index (χ2v) is 9.76. The third-order valence-corrected chi connectivity index (χ3v) is 7.70. The number of anilines is 4. The van der Waals surface area contributed by atoms with Gasteiger partial charge >= 0.3 is 0 Å². The van der Waals surface area contributed by atoms with Crippen LogP contribution in [0.4, 0.5) is 23.1 Å². The fraction of sp³-hybridized carbons (Fsp3) is 0.480. The van der Waals surface area contributed by atoms with Crippen LogP contribution in [0.15, 0.2) is 36.5 Å². The Bertz CT molecular complexity index is 1110. The summed E-state index contributed by atoms with van der Waals surface area (Å²) in [6, 6.07) is 6.32. The Balaban J connectivity index is 1.37. The molecule has 1 amide bonds. The highest BCUT2D eigenvalue weighted by atomic mass is 35.5. The summed E-state index contributed by atoms with van der Waals surface area (Å²) in [7, 11) is 0. The van der Waals surface area contributed by atoms with Crippen LogP contribution >= 0.6 is 11.6 Å². The highest BCUT2D eigenvalue weighted by Crippen LogP contribution is 2.45. The van der Waals surface area contributed by atoms with Gasteiger partial charge in [0.1, 0.15) is 5.02 Å². The molecule has 3 aliphatic rings. The number of amides is 1. The molecule has 2 bridgehead atoms. The zero-order valence-electron chi connectivity index (χ0n) is 19.7. The quantitative estimate of drug-likeness (QED) is 0.519. The van der Waals surface area contributed by atoms with Gasteiger partial charge in [-0.2, -0.15) is 4.98 Å². The molecular weight excluding hydrogens is 450 g/mol. The molecule has 1 aromatic carbocycles. The van der Waals surface area contributed by atoms with Crippen LogP contribution < -0.4 is 21.3 Å². The number of aromatic nitrogens is 2. The third-order valence-electron chi connectivity index (χ3n) is 7.43. The van der Waals surface area contributed by atoms with E-state index in [2.05, 4.69) is 74.6 Å². The maximum atomic E-state index is 12.1. The molecule has 0 saturated heterocycles. The molecule has 8 nitrogen and oxygen atoms in total. The highest BCUT2D eigenvalue weighted by molar-refractivity contribution is 6.32. The number of nitrogens with two attached hydrogens (primary N) is 1. The Morgan fingerprint density at radius 3 is 2.79 bits per heavy atom. The van der Waals surface area contributed by atoms with Crippen molar-refractivity contribution < 1.29 is 4.79 Å². The molecule has 1 fully saturated rings. The Labute approximate surface area is 205 Å². The summed E-state index contributed by atoms with van der Waals surface area (Å²) >= 11 is 6.42. The molecule has 2 aliphatic carbocycles. The number of carbonyl (C=O) groups is 1. The molecule has 1 unspecified atom stereocenters. The van der Waals surface area contributed by atoms with Gasteiger partial charge in [-0.25, -0.2) is 4.98 Å². The van der Waals surface area contributed by atoms with Crippen LogP contribution in [0.3, 0.4) is 0 Å². The molecule has 4 N–H and O–H groups in total. The largest absolute Gasteiger partial charge is 0.370 e. The van der Waals surface area contributed by atoms with Gasteiger partial charge in [0.25, 0.3) is 0 Å². The number of hydrogen-bond donors (Lipinski definition) is 3. The SMILES string of the molecule is CCN1CCN(CC)c2cc(Nc3ncc(Cl)c(N[C@@H]4[C@H]5C=CC(C5)[C@@H]4C(N)=O)n3)ccc2C1. The fourth-order valence-corrected chi connectivity index (χ4v) is 5.74. The summed E-state index contributed by atoms with van der Waals surface area (Å²) < 4.78 is 0. The normalized spacial score (nSPS) is 25.8. The van der Waals surface area contributed by atoms with Crippen LogP contribution in [0, 0.1) is 17.8 Å². The van der Waals surface area contributed by atoms with E-state index in [4.69, 9.17) is 17.3 Å². The first kappa shape index (κ1) is 22.9. The Kier molecular flexibility index (Phi) is 6.36. The van der Waals surface area contributed by atoms with Crippen LogP contribution in [0.5, 0.6) is 0 Å². The summed E-state index contributed by atoms with van der Waals surface area (Å²) in [5.41, 5.74) is 9.20. The lowest BCUT2D eigenvalue weighted by atomic mass is 9.88. The number of allylic oxidation sites excluding steroid dienone is 1. The number of fused-ring (bicyclic) bond motifs is 3. The fourth-order valence-electron chi connectivity index (χ4n) is 5.59. The first-order valence-electron chi connectivity index (χ1n) is 12.1. The standard InChI is InChI=1S/C25H32ClN7O/c1-3-32-9-10-33(4-2)20-12-18(8-7-17(20)14-32)29-25-28-13-19(26)24(31-25)30-22-16-6-5-15(11-16)21(22)23(27)34/h5-8,12-13,15-16,21-22H,3-4,9-11,14H2,1-2H3,(H2,27,34)(H2,28,29,30,31)/t15?,16-,21-,22+/m0/s1. The third kappa shape index (κ3) is 4.32. The molecule has 2 heterocycles. The van der Waals surface area contributed by atoms with Gasteiger partial charge in [-0.15, -0.1) is 0 Å². The second kappa shape index (κ2) is 9.43. The average molecular weight is 482 g/mol. The van der Waals surface area contributed by atoms with Crippen LogP contribution in [0.2, 0.25) is 5.02 Å². The van der Waals surface area contributed by atoms with Gasteiger partial charge in [0.05, 0.1) is 12.1 Å². The molecule has 9 heteroatoms. The Morgan fingerprint density at radius 2 is 2.03 bits per heavy atom. The first-order valence-corrected chi connectivity index (χ1v) is 12.5. The van der Waals surface area contributed by atoms with E-state index in [0.29, 0.717) is 16.8 Å². The van der Waals surface area contributed by atoms with Gasteiger partial charge in [0.15, 0.2) is 5.82 Å². The number of rotatable bonds is 7. The molecule has 5 rings (SSSR count). The average Bonchev–Trinajstić information content (AvgIpc) is 3.38. The van der Waals surface area contributed by atoms with Crippen molar-refractivity contribution in [3.63, 3.8) is 0 Å². The lowest BCUT2D eigenvalue weighted by Crippen LogP contribution is -2.41. The van der Waals surface area contributed by atoms with E-state index in [1.807, 2.05) is 0 Å². The van der Waals surface area contributed by atoms with E-state index in [9.17, 15) is 4.79 Å². The van der Waals surface area contributed by atoms with Gasteiger partial charge in [-0.1, -0.05) is 36.7 Å². The van der Waals surface area contributed by atoms with Crippen molar-refractivity contribution in [2.75, 3.05) is 41.7 Å². The van der Waals surface area contributed by atoms with Gasteiger partial charge < -0.3 is 21.3 Å². The minimum Gasteiger partial charge on any atom is -0.370 e. The van der Waals surface area contributed by atoms with Crippen molar-refractivity contribution in [3.05, 3.63) is 47.1 Å².